The fourth-order valence-corrected chi connectivity index (χ4v) is 0.763. The van der Waals surface area contributed by atoms with Crippen molar-refractivity contribution in [3.8, 4) is 0 Å². The third kappa shape index (κ3) is 8.80. The standard InChI is InChI=1S/C10H14O.C2H6/c1-5-6-10(8(2)3)7-9(4)11;1-2/h5-6H,1-2,7H2,3-4H3;1-2H3/b10-6-;. The van der Waals surface area contributed by atoms with Crippen molar-refractivity contribution in [1.29, 1.82) is 0 Å². The van der Waals surface area contributed by atoms with Gasteiger partial charge in [0.15, 0.2) is 0 Å². The maximum atomic E-state index is 10.7. The van der Waals surface area contributed by atoms with E-state index in [0.717, 1.165) is 11.1 Å². The molecule has 0 radical (unpaired) electrons. The molecule has 0 atom stereocenters. The van der Waals surface area contributed by atoms with E-state index in [0.29, 0.717) is 6.42 Å². The first-order valence-electron chi connectivity index (χ1n) is 4.55. The summed E-state index contributed by atoms with van der Waals surface area (Å²) in [6, 6.07) is 0. The highest BCUT2D eigenvalue weighted by Gasteiger charge is 1.99. The fourth-order valence-electron chi connectivity index (χ4n) is 0.763. The Balaban J connectivity index is 0. The molecule has 0 aliphatic heterocycles. The minimum absolute atomic E-state index is 0.154. The summed E-state index contributed by atoms with van der Waals surface area (Å²) in [6.45, 7) is 14.8. The van der Waals surface area contributed by atoms with Gasteiger partial charge in [-0.1, -0.05) is 44.7 Å². The number of hydrogen-bond donors (Lipinski definition) is 0. The lowest BCUT2D eigenvalue weighted by Crippen LogP contribution is -1.93. The van der Waals surface area contributed by atoms with E-state index in [1.807, 2.05) is 26.8 Å². The van der Waals surface area contributed by atoms with Gasteiger partial charge in [0.1, 0.15) is 5.78 Å². The maximum Gasteiger partial charge on any atom is 0.134 e. The van der Waals surface area contributed by atoms with Gasteiger partial charge >= 0.3 is 0 Å². The topological polar surface area (TPSA) is 17.1 Å². The SMILES string of the molecule is C=C/C=C(/CC(C)=O)C(=C)C.CC. The molecular formula is C12H20O. The quantitative estimate of drug-likeness (QED) is 0.603. The normalized spacial score (nSPS) is 9.69. The monoisotopic (exact) mass is 180 g/mol. The summed E-state index contributed by atoms with van der Waals surface area (Å²) >= 11 is 0. The lowest BCUT2D eigenvalue weighted by atomic mass is 10.0. The highest BCUT2D eigenvalue weighted by atomic mass is 16.1. The van der Waals surface area contributed by atoms with Crippen LogP contribution in [0.1, 0.15) is 34.1 Å². The van der Waals surface area contributed by atoms with E-state index in [9.17, 15) is 4.79 Å². The molecule has 0 amide bonds. The van der Waals surface area contributed by atoms with Crippen molar-refractivity contribution in [3.05, 3.63) is 36.5 Å². The number of carbonyl (C=O) groups excluding carboxylic acids is 1. The molecule has 0 heterocycles. The van der Waals surface area contributed by atoms with E-state index >= 15 is 0 Å². The second-order valence-electron chi connectivity index (χ2n) is 2.59. The minimum Gasteiger partial charge on any atom is -0.300 e. The van der Waals surface area contributed by atoms with Gasteiger partial charge in [-0.05, 0) is 19.4 Å². The van der Waals surface area contributed by atoms with Gasteiger partial charge < -0.3 is 0 Å². The van der Waals surface area contributed by atoms with Crippen LogP contribution in [0.5, 0.6) is 0 Å². The predicted octanol–water partition coefficient (Wildman–Crippen LogP) is 3.68. The Hall–Kier alpha value is -1.11. The van der Waals surface area contributed by atoms with E-state index in [1.54, 1.807) is 13.0 Å². The molecule has 0 fully saturated rings. The van der Waals surface area contributed by atoms with Gasteiger partial charge in [0.2, 0.25) is 0 Å². The zero-order valence-corrected chi connectivity index (χ0v) is 9.18. The zero-order chi connectivity index (χ0) is 10.9. The molecule has 1 nitrogen and oxygen atoms in total. The first kappa shape index (κ1) is 14.4. The average Bonchev–Trinajstić information content (AvgIpc) is 2.06. The van der Waals surface area contributed by atoms with Crippen molar-refractivity contribution >= 4 is 5.78 Å². The molecule has 0 N–H and O–H groups in total. The molecule has 13 heavy (non-hydrogen) atoms. The van der Waals surface area contributed by atoms with Crippen LogP contribution in [0.3, 0.4) is 0 Å². The number of allylic oxidation sites excluding steroid dienone is 4. The van der Waals surface area contributed by atoms with Crippen LogP contribution in [0.4, 0.5) is 0 Å². The van der Waals surface area contributed by atoms with Gasteiger partial charge in [-0.2, -0.15) is 0 Å². The largest absolute Gasteiger partial charge is 0.300 e. The van der Waals surface area contributed by atoms with Gasteiger partial charge in [0.25, 0.3) is 0 Å². The minimum atomic E-state index is 0.154. The van der Waals surface area contributed by atoms with E-state index in [2.05, 4.69) is 13.2 Å². The van der Waals surface area contributed by atoms with Crippen LogP contribution in [-0.4, -0.2) is 5.78 Å². The van der Waals surface area contributed by atoms with Crippen LogP contribution in [0.15, 0.2) is 36.5 Å². The van der Waals surface area contributed by atoms with Gasteiger partial charge in [-0.15, -0.1) is 0 Å². The number of hydrogen-bond acceptors (Lipinski definition) is 1. The predicted molar refractivity (Wildman–Crippen MR) is 59.7 cm³/mol. The first-order chi connectivity index (χ1) is 6.07. The molecule has 0 aliphatic carbocycles. The lowest BCUT2D eigenvalue weighted by molar-refractivity contribution is -0.116. The second kappa shape index (κ2) is 8.98. The number of Topliss-reactive ketones (excluding diaryl/α,β-unsaturated/α-hetero) is 1. The highest BCUT2D eigenvalue weighted by Crippen LogP contribution is 2.11. The van der Waals surface area contributed by atoms with Crippen LogP contribution >= 0.6 is 0 Å². The molecule has 0 unspecified atom stereocenters. The Morgan fingerprint density at radius 3 is 2.00 bits per heavy atom. The summed E-state index contributed by atoms with van der Waals surface area (Å²) in [5, 5.41) is 0. The summed E-state index contributed by atoms with van der Waals surface area (Å²) in [7, 11) is 0. The molecule has 0 aliphatic rings. The highest BCUT2D eigenvalue weighted by molar-refractivity contribution is 5.79. The third-order valence-corrected chi connectivity index (χ3v) is 1.31. The van der Waals surface area contributed by atoms with Gasteiger partial charge in [-0.3, -0.25) is 4.79 Å². The van der Waals surface area contributed by atoms with Gasteiger partial charge in [0.05, 0.1) is 0 Å². The molecule has 0 saturated carbocycles. The summed E-state index contributed by atoms with van der Waals surface area (Å²) < 4.78 is 0. The number of rotatable bonds is 4. The molecule has 74 valence electrons. The van der Waals surface area contributed by atoms with Crippen molar-refractivity contribution < 1.29 is 4.79 Å². The number of ketones is 1. The average molecular weight is 180 g/mol. The van der Waals surface area contributed by atoms with E-state index in [1.165, 1.54) is 0 Å². The van der Waals surface area contributed by atoms with Crippen molar-refractivity contribution in [1.82, 2.24) is 0 Å². The molecule has 1 heteroatoms. The van der Waals surface area contributed by atoms with Gasteiger partial charge in [-0.25, -0.2) is 0 Å². The second-order valence-corrected chi connectivity index (χ2v) is 2.59. The molecule has 0 rings (SSSR count). The third-order valence-electron chi connectivity index (χ3n) is 1.31. The summed E-state index contributed by atoms with van der Waals surface area (Å²) in [5.41, 5.74) is 1.90. The van der Waals surface area contributed by atoms with E-state index in [4.69, 9.17) is 0 Å². The Kier molecular flexibility index (Phi) is 9.96. The van der Waals surface area contributed by atoms with Gasteiger partial charge in [0, 0.05) is 6.42 Å². The zero-order valence-electron chi connectivity index (χ0n) is 9.18. The first-order valence-corrected chi connectivity index (χ1v) is 4.55. The van der Waals surface area contributed by atoms with Crippen molar-refractivity contribution in [2.24, 2.45) is 0 Å². The lowest BCUT2D eigenvalue weighted by Gasteiger charge is -2.01. The van der Waals surface area contributed by atoms with Crippen LogP contribution in [0.2, 0.25) is 0 Å². The molecule has 0 aromatic heterocycles. The molecule has 0 saturated heterocycles. The van der Waals surface area contributed by atoms with Crippen molar-refractivity contribution in [3.63, 3.8) is 0 Å². The Morgan fingerprint density at radius 2 is 1.77 bits per heavy atom. The van der Waals surface area contributed by atoms with E-state index < -0.39 is 0 Å². The summed E-state index contributed by atoms with van der Waals surface area (Å²) in [6.07, 6.45) is 3.96. The van der Waals surface area contributed by atoms with Crippen molar-refractivity contribution in [2.75, 3.05) is 0 Å². The smallest absolute Gasteiger partial charge is 0.134 e. The Labute approximate surface area is 81.9 Å². The summed E-state index contributed by atoms with van der Waals surface area (Å²) in [5.74, 6) is 0.154. The Bertz CT molecular complexity index is 209. The van der Waals surface area contributed by atoms with Crippen LogP contribution < -0.4 is 0 Å². The summed E-state index contributed by atoms with van der Waals surface area (Å²) in [4.78, 5) is 10.7. The maximum absolute atomic E-state index is 10.7. The fraction of sp³-hybridized carbons (Fsp3) is 0.417. The Morgan fingerprint density at radius 1 is 1.31 bits per heavy atom. The molecule has 0 aromatic carbocycles. The van der Waals surface area contributed by atoms with Crippen molar-refractivity contribution in [2.45, 2.75) is 34.1 Å². The van der Waals surface area contributed by atoms with E-state index in [-0.39, 0.29) is 5.78 Å². The molecule has 0 aromatic rings. The van der Waals surface area contributed by atoms with Crippen LogP contribution in [-0.2, 0) is 4.79 Å². The van der Waals surface area contributed by atoms with Crippen LogP contribution in [0.25, 0.3) is 0 Å². The molecular weight excluding hydrogens is 160 g/mol. The molecule has 0 bridgehead atoms. The van der Waals surface area contributed by atoms with Crippen LogP contribution in [0, 0.1) is 0 Å². The molecule has 0 spiro atoms. The number of carbonyl (C=O) groups is 1.